The standard InChI is InChI=1S/C37H54O5/c1-3-5-7-9-11-12-14-16-18-28-39-34-24-20-32(21-25-34)36(38)42-35-26-22-33(23-27-35)37-40-29-31(30-41-37)19-17-15-13-10-8-6-4-2/h3,20-27,31,37H,1,4-19,28-30H2,2H3/t31-,37-. The van der Waals surface area contributed by atoms with Crippen LogP contribution in [0.3, 0.4) is 0 Å². The van der Waals surface area contributed by atoms with E-state index < -0.39 is 0 Å². The molecule has 2 aromatic carbocycles. The van der Waals surface area contributed by atoms with Gasteiger partial charge in [-0.05, 0) is 62.1 Å². The molecule has 0 atom stereocenters. The fraction of sp³-hybridized carbons (Fsp3) is 0.595. The van der Waals surface area contributed by atoms with E-state index in [4.69, 9.17) is 18.9 Å². The van der Waals surface area contributed by atoms with Crippen LogP contribution in [-0.2, 0) is 9.47 Å². The molecule has 5 nitrogen and oxygen atoms in total. The topological polar surface area (TPSA) is 54.0 Å². The minimum absolute atomic E-state index is 0.361. The van der Waals surface area contributed by atoms with Gasteiger partial charge in [-0.3, -0.25) is 0 Å². The van der Waals surface area contributed by atoms with E-state index in [-0.39, 0.29) is 12.3 Å². The van der Waals surface area contributed by atoms with Crippen LogP contribution in [0.2, 0.25) is 0 Å². The predicted molar refractivity (Wildman–Crippen MR) is 171 cm³/mol. The molecule has 0 N–H and O–H groups in total. The van der Waals surface area contributed by atoms with E-state index in [1.807, 2.05) is 30.3 Å². The van der Waals surface area contributed by atoms with Crippen LogP contribution < -0.4 is 9.47 Å². The fourth-order valence-corrected chi connectivity index (χ4v) is 5.30. The zero-order valence-electron chi connectivity index (χ0n) is 26.0. The first-order valence-electron chi connectivity index (χ1n) is 16.6. The summed E-state index contributed by atoms with van der Waals surface area (Å²) in [5.41, 5.74) is 1.43. The van der Waals surface area contributed by atoms with Gasteiger partial charge < -0.3 is 18.9 Å². The Bertz CT molecular complexity index is 976. The highest BCUT2D eigenvalue weighted by Gasteiger charge is 2.23. The quantitative estimate of drug-likeness (QED) is 0.0602. The molecule has 0 spiro atoms. The molecule has 3 rings (SSSR count). The lowest BCUT2D eigenvalue weighted by Crippen LogP contribution is -2.27. The lowest BCUT2D eigenvalue weighted by Gasteiger charge is -2.29. The van der Waals surface area contributed by atoms with Crippen molar-refractivity contribution in [3.8, 4) is 11.5 Å². The molecule has 0 amide bonds. The Morgan fingerprint density at radius 3 is 1.98 bits per heavy atom. The monoisotopic (exact) mass is 578 g/mol. The van der Waals surface area contributed by atoms with E-state index >= 15 is 0 Å². The molecule has 2 aromatic rings. The zero-order chi connectivity index (χ0) is 29.7. The minimum Gasteiger partial charge on any atom is -0.494 e. The number of unbranched alkanes of at least 4 members (excludes halogenated alkanes) is 13. The summed E-state index contributed by atoms with van der Waals surface area (Å²) in [6.45, 7) is 8.18. The normalized spacial score (nSPS) is 16.7. The van der Waals surface area contributed by atoms with E-state index in [1.165, 1.54) is 89.9 Å². The van der Waals surface area contributed by atoms with Crippen molar-refractivity contribution in [3.63, 3.8) is 0 Å². The molecule has 1 aliphatic heterocycles. The van der Waals surface area contributed by atoms with Gasteiger partial charge in [0.2, 0.25) is 0 Å². The fourth-order valence-electron chi connectivity index (χ4n) is 5.30. The van der Waals surface area contributed by atoms with Crippen LogP contribution in [0.4, 0.5) is 0 Å². The van der Waals surface area contributed by atoms with E-state index in [0.717, 1.165) is 37.4 Å². The van der Waals surface area contributed by atoms with Crippen molar-refractivity contribution in [2.45, 2.75) is 116 Å². The van der Waals surface area contributed by atoms with Gasteiger partial charge in [0.25, 0.3) is 0 Å². The molecule has 5 heteroatoms. The second-order valence-electron chi connectivity index (χ2n) is 11.7. The van der Waals surface area contributed by atoms with Gasteiger partial charge in [-0.15, -0.1) is 6.58 Å². The Labute approximate surface area is 255 Å². The Kier molecular flexibility index (Phi) is 17.0. The molecule has 1 heterocycles. The van der Waals surface area contributed by atoms with Crippen molar-refractivity contribution in [3.05, 3.63) is 72.3 Å². The van der Waals surface area contributed by atoms with Gasteiger partial charge in [-0.2, -0.15) is 0 Å². The highest BCUT2D eigenvalue weighted by atomic mass is 16.7. The summed E-state index contributed by atoms with van der Waals surface area (Å²) in [7, 11) is 0. The summed E-state index contributed by atoms with van der Waals surface area (Å²) in [5, 5.41) is 0. The summed E-state index contributed by atoms with van der Waals surface area (Å²) in [5.74, 6) is 1.36. The molecule has 0 aliphatic carbocycles. The summed E-state index contributed by atoms with van der Waals surface area (Å²) in [6.07, 6.45) is 21.8. The van der Waals surface area contributed by atoms with Crippen molar-refractivity contribution < 1.29 is 23.7 Å². The molecule has 232 valence electrons. The van der Waals surface area contributed by atoms with Crippen LogP contribution >= 0.6 is 0 Å². The number of benzene rings is 2. The number of ether oxygens (including phenoxy) is 4. The van der Waals surface area contributed by atoms with Crippen molar-refractivity contribution in [1.29, 1.82) is 0 Å². The molecule has 0 radical (unpaired) electrons. The first kappa shape index (κ1) is 33.9. The number of hydrogen-bond acceptors (Lipinski definition) is 5. The summed E-state index contributed by atoms with van der Waals surface area (Å²) < 4.78 is 23.5. The lowest BCUT2D eigenvalue weighted by molar-refractivity contribution is -0.206. The maximum absolute atomic E-state index is 12.6. The van der Waals surface area contributed by atoms with Crippen LogP contribution in [0, 0.1) is 5.92 Å². The van der Waals surface area contributed by atoms with E-state index in [9.17, 15) is 4.79 Å². The van der Waals surface area contributed by atoms with Crippen molar-refractivity contribution >= 4 is 5.97 Å². The van der Waals surface area contributed by atoms with Gasteiger partial charge in [0.05, 0.1) is 25.4 Å². The maximum Gasteiger partial charge on any atom is 0.343 e. The second-order valence-corrected chi connectivity index (χ2v) is 11.7. The highest BCUT2D eigenvalue weighted by molar-refractivity contribution is 5.91. The third-order valence-corrected chi connectivity index (χ3v) is 7.96. The van der Waals surface area contributed by atoms with Crippen molar-refractivity contribution in [2.24, 2.45) is 5.92 Å². The highest BCUT2D eigenvalue weighted by Crippen LogP contribution is 2.29. The summed E-state index contributed by atoms with van der Waals surface area (Å²) in [6, 6.07) is 14.6. The van der Waals surface area contributed by atoms with E-state index in [0.29, 0.717) is 23.8 Å². The third-order valence-electron chi connectivity index (χ3n) is 7.96. The third kappa shape index (κ3) is 13.6. The number of rotatable bonds is 22. The average molecular weight is 579 g/mol. The van der Waals surface area contributed by atoms with Gasteiger partial charge in [-0.1, -0.05) is 102 Å². The molecule has 0 aromatic heterocycles. The van der Waals surface area contributed by atoms with Gasteiger partial charge in [0, 0.05) is 11.5 Å². The van der Waals surface area contributed by atoms with Gasteiger partial charge in [-0.25, -0.2) is 4.79 Å². The van der Waals surface area contributed by atoms with Gasteiger partial charge in [0.1, 0.15) is 11.5 Å². The predicted octanol–water partition coefficient (Wildman–Crippen LogP) is 10.4. The van der Waals surface area contributed by atoms with Crippen LogP contribution in [-0.4, -0.2) is 25.8 Å². The number of esters is 1. The zero-order valence-corrected chi connectivity index (χ0v) is 26.0. The number of carbonyl (C=O) groups is 1. The minimum atomic E-state index is -0.388. The Balaban J connectivity index is 1.28. The maximum atomic E-state index is 12.6. The van der Waals surface area contributed by atoms with Crippen molar-refractivity contribution in [1.82, 2.24) is 0 Å². The van der Waals surface area contributed by atoms with Crippen LogP contribution in [0.15, 0.2) is 61.2 Å². The molecule has 0 unspecified atom stereocenters. The van der Waals surface area contributed by atoms with Crippen LogP contribution in [0.1, 0.15) is 132 Å². The van der Waals surface area contributed by atoms with Crippen LogP contribution in [0.25, 0.3) is 0 Å². The molecule has 0 saturated carbocycles. The molecule has 1 fully saturated rings. The Morgan fingerprint density at radius 2 is 1.33 bits per heavy atom. The van der Waals surface area contributed by atoms with Crippen LogP contribution in [0.5, 0.6) is 11.5 Å². The molecule has 42 heavy (non-hydrogen) atoms. The molecular weight excluding hydrogens is 524 g/mol. The van der Waals surface area contributed by atoms with E-state index in [1.54, 1.807) is 24.3 Å². The molecular formula is C37H54O5. The summed E-state index contributed by atoms with van der Waals surface area (Å²) >= 11 is 0. The average Bonchev–Trinajstić information content (AvgIpc) is 3.02. The first-order chi connectivity index (χ1) is 20.7. The number of hydrogen-bond donors (Lipinski definition) is 0. The SMILES string of the molecule is C=CCCCCCCCCCOc1ccc(C(=O)Oc2ccc([C@H]3OC[C@H](CCCCCCCCC)CO3)cc2)cc1. The molecule has 0 bridgehead atoms. The Morgan fingerprint density at radius 1 is 0.762 bits per heavy atom. The molecule has 1 saturated heterocycles. The lowest BCUT2D eigenvalue weighted by atomic mass is 10.0. The molecule has 1 aliphatic rings. The Hall–Kier alpha value is -2.63. The second kappa shape index (κ2) is 21.1. The van der Waals surface area contributed by atoms with Gasteiger partial charge >= 0.3 is 5.97 Å². The summed E-state index contributed by atoms with van der Waals surface area (Å²) in [4.78, 5) is 12.6. The van der Waals surface area contributed by atoms with Crippen molar-refractivity contribution in [2.75, 3.05) is 19.8 Å². The van der Waals surface area contributed by atoms with E-state index in [2.05, 4.69) is 13.5 Å². The first-order valence-corrected chi connectivity index (χ1v) is 16.6. The number of carbonyl (C=O) groups excluding carboxylic acids is 1. The smallest absolute Gasteiger partial charge is 0.343 e. The van der Waals surface area contributed by atoms with Gasteiger partial charge in [0.15, 0.2) is 6.29 Å². The number of allylic oxidation sites excluding steroid dienone is 1. The largest absolute Gasteiger partial charge is 0.494 e.